The van der Waals surface area contributed by atoms with Crippen LogP contribution in [0.4, 0.5) is 17.1 Å². The van der Waals surface area contributed by atoms with Gasteiger partial charge >= 0.3 is 0 Å². The lowest BCUT2D eigenvalue weighted by Gasteiger charge is -2.33. The van der Waals surface area contributed by atoms with Gasteiger partial charge in [0, 0.05) is 22.1 Å². The Bertz CT molecular complexity index is 3690. The second kappa shape index (κ2) is 14.0. The van der Waals surface area contributed by atoms with Gasteiger partial charge in [-0.1, -0.05) is 222 Å². The zero-order chi connectivity index (χ0) is 45.5. The first kappa shape index (κ1) is 39.2. The zero-order valence-electron chi connectivity index (χ0n) is 38.8. The van der Waals surface area contributed by atoms with Crippen LogP contribution < -0.4 is 4.90 Å². The fourth-order valence-corrected chi connectivity index (χ4v) is 13.4. The highest BCUT2D eigenvalue weighted by atomic mass is 15.1. The molecule has 68 heavy (non-hydrogen) atoms. The van der Waals surface area contributed by atoms with Gasteiger partial charge in [-0.05, 0) is 136 Å². The van der Waals surface area contributed by atoms with E-state index in [1.807, 2.05) is 0 Å². The highest BCUT2D eigenvalue weighted by Crippen LogP contribution is 2.63. The van der Waals surface area contributed by atoms with Gasteiger partial charge in [0.05, 0.1) is 16.8 Å². The second-order valence-electron chi connectivity index (χ2n) is 20.3. The quantitative estimate of drug-likeness (QED) is 0.167. The number of benzene rings is 10. The van der Waals surface area contributed by atoms with Crippen LogP contribution in [0.3, 0.4) is 0 Å². The van der Waals surface area contributed by atoms with Crippen molar-refractivity contribution in [2.45, 2.75) is 43.9 Å². The molecule has 0 aliphatic heterocycles. The smallest absolute Gasteiger partial charge is 0.0725 e. The van der Waals surface area contributed by atoms with Gasteiger partial charge in [-0.15, -0.1) is 0 Å². The highest BCUT2D eigenvalue weighted by Gasteiger charge is 2.51. The average Bonchev–Trinajstić information content (AvgIpc) is 4.02. The van der Waals surface area contributed by atoms with Crippen molar-refractivity contribution in [2.24, 2.45) is 0 Å². The molecule has 0 amide bonds. The summed E-state index contributed by atoms with van der Waals surface area (Å²) in [4.78, 5) is 2.55. The second-order valence-corrected chi connectivity index (χ2v) is 20.3. The third-order valence-corrected chi connectivity index (χ3v) is 16.3. The lowest BCUT2D eigenvalue weighted by atomic mass is 9.70. The molecule has 0 fully saturated rings. The van der Waals surface area contributed by atoms with Crippen molar-refractivity contribution >= 4 is 17.1 Å². The van der Waals surface area contributed by atoms with E-state index < -0.39 is 0 Å². The minimum Gasteiger partial charge on any atom is -0.310 e. The van der Waals surface area contributed by atoms with E-state index in [4.69, 9.17) is 0 Å². The Morgan fingerprint density at radius 3 is 1.34 bits per heavy atom. The normalized spacial score (nSPS) is 15.1. The molecule has 1 nitrogen and oxygen atoms in total. The molecule has 0 bridgehead atoms. The fourth-order valence-electron chi connectivity index (χ4n) is 13.4. The van der Waals surface area contributed by atoms with Crippen molar-refractivity contribution in [3.05, 3.63) is 269 Å². The standard InChI is InChI=1S/C67H49N/c1-65(2)55-28-12-9-24-53(55)63-51(25-17-32-59(63)65)50-23-10-16-33-61(50)68(62-34-18-26-52-48-22-5-11-27-54(48)66(3,4)64(52)62)44-38-35-42(36-39-44)43-37-40-49-47-21-8-15-31-58(47)67(60(49)41-43)56-29-13-6-19-45(56)46-20-7-14-30-57(46)67/h5-41H,1-4H3. The first-order chi connectivity index (χ1) is 33.3. The van der Waals surface area contributed by atoms with Crippen LogP contribution in [-0.2, 0) is 16.2 Å². The first-order valence-electron chi connectivity index (χ1n) is 24.2. The van der Waals surface area contributed by atoms with Crippen molar-refractivity contribution in [1.29, 1.82) is 0 Å². The van der Waals surface area contributed by atoms with Gasteiger partial charge in [0.2, 0.25) is 0 Å². The molecule has 1 spiro atoms. The fraction of sp³-hybridized carbons (Fsp3) is 0.104. The Balaban J connectivity index is 0.961. The number of nitrogens with zero attached hydrogens (tertiary/aromatic N) is 1. The third kappa shape index (κ3) is 5.06. The zero-order valence-corrected chi connectivity index (χ0v) is 38.8. The summed E-state index contributed by atoms with van der Waals surface area (Å²) in [5.41, 5.74) is 29.2. The molecule has 0 heterocycles. The Labute approximate surface area is 399 Å². The third-order valence-electron chi connectivity index (χ3n) is 16.3. The van der Waals surface area contributed by atoms with Gasteiger partial charge in [0.1, 0.15) is 0 Å². The van der Waals surface area contributed by atoms with Gasteiger partial charge in [-0.25, -0.2) is 0 Å². The Kier molecular flexibility index (Phi) is 8.08. The van der Waals surface area contributed by atoms with Gasteiger partial charge in [-0.2, -0.15) is 0 Å². The maximum absolute atomic E-state index is 2.55. The molecule has 10 aromatic rings. The summed E-state index contributed by atoms with van der Waals surface area (Å²) in [6, 6.07) is 84.8. The molecular formula is C67H49N. The van der Waals surface area contributed by atoms with Crippen LogP contribution in [0.1, 0.15) is 72.2 Å². The minimum atomic E-state index is -0.388. The largest absolute Gasteiger partial charge is 0.310 e. The van der Waals surface area contributed by atoms with Crippen molar-refractivity contribution in [3.8, 4) is 66.8 Å². The van der Waals surface area contributed by atoms with E-state index in [1.54, 1.807) is 0 Å². The molecule has 0 aromatic heterocycles. The maximum Gasteiger partial charge on any atom is 0.0725 e. The maximum atomic E-state index is 2.55. The van der Waals surface area contributed by atoms with Crippen molar-refractivity contribution in [2.75, 3.05) is 4.90 Å². The number of hydrogen-bond acceptors (Lipinski definition) is 1. The number of hydrogen-bond donors (Lipinski definition) is 0. The van der Waals surface area contributed by atoms with Crippen LogP contribution in [0, 0.1) is 0 Å². The summed E-state index contributed by atoms with van der Waals surface area (Å²) < 4.78 is 0. The van der Waals surface area contributed by atoms with Crippen LogP contribution in [0.15, 0.2) is 224 Å². The number of rotatable bonds is 5. The van der Waals surface area contributed by atoms with E-state index in [1.165, 1.54) is 117 Å². The summed E-state index contributed by atoms with van der Waals surface area (Å²) in [6.45, 7) is 9.55. The molecule has 4 aliphatic carbocycles. The van der Waals surface area contributed by atoms with Crippen molar-refractivity contribution in [3.63, 3.8) is 0 Å². The van der Waals surface area contributed by atoms with Crippen LogP contribution >= 0.6 is 0 Å². The molecule has 14 rings (SSSR count). The highest BCUT2D eigenvalue weighted by molar-refractivity contribution is 6.01. The van der Waals surface area contributed by atoms with Gasteiger partial charge in [-0.3, -0.25) is 0 Å². The molecule has 0 N–H and O–H groups in total. The summed E-state index contributed by atoms with van der Waals surface area (Å²) in [5.74, 6) is 0. The summed E-state index contributed by atoms with van der Waals surface area (Å²) in [5, 5.41) is 0. The predicted molar refractivity (Wildman–Crippen MR) is 283 cm³/mol. The molecule has 0 atom stereocenters. The summed E-state index contributed by atoms with van der Waals surface area (Å²) in [6.07, 6.45) is 0. The molecular weight excluding hydrogens is 819 g/mol. The van der Waals surface area contributed by atoms with E-state index in [2.05, 4.69) is 257 Å². The van der Waals surface area contributed by atoms with Crippen LogP contribution in [0.2, 0.25) is 0 Å². The molecule has 1 heteroatoms. The van der Waals surface area contributed by atoms with Crippen molar-refractivity contribution < 1.29 is 0 Å². The molecule has 0 radical (unpaired) electrons. The number of fused-ring (bicyclic) bond motifs is 16. The number of para-hydroxylation sites is 1. The lowest BCUT2D eigenvalue weighted by Crippen LogP contribution is -2.25. The lowest BCUT2D eigenvalue weighted by molar-refractivity contribution is 0.660. The molecule has 0 saturated carbocycles. The molecule has 0 unspecified atom stereocenters. The summed E-state index contributed by atoms with van der Waals surface area (Å²) in [7, 11) is 0. The monoisotopic (exact) mass is 867 g/mol. The molecule has 10 aromatic carbocycles. The SMILES string of the molecule is CC1(C)c2ccccc2-c2c(-c3ccccc3N(c3ccc(-c4ccc5c(c4)C4(c6ccccc6-c6ccccc64)c4ccccc4-5)cc3)c3cccc4c3C(C)(C)c3ccccc3-4)cccc21. The van der Waals surface area contributed by atoms with Crippen LogP contribution in [0.25, 0.3) is 66.8 Å². The predicted octanol–water partition coefficient (Wildman–Crippen LogP) is 17.4. The van der Waals surface area contributed by atoms with E-state index in [0.29, 0.717) is 0 Å². The Morgan fingerprint density at radius 2 is 0.706 bits per heavy atom. The Morgan fingerprint density at radius 1 is 0.279 bits per heavy atom. The van der Waals surface area contributed by atoms with Gasteiger partial charge < -0.3 is 4.90 Å². The van der Waals surface area contributed by atoms with E-state index in [0.717, 1.165) is 11.4 Å². The first-order valence-corrected chi connectivity index (χ1v) is 24.2. The summed E-state index contributed by atoms with van der Waals surface area (Å²) >= 11 is 0. The van der Waals surface area contributed by atoms with Gasteiger partial charge in [0.15, 0.2) is 0 Å². The van der Waals surface area contributed by atoms with E-state index in [-0.39, 0.29) is 16.2 Å². The minimum absolute atomic E-state index is 0.104. The van der Waals surface area contributed by atoms with E-state index in [9.17, 15) is 0 Å². The van der Waals surface area contributed by atoms with Crippen molar-refractivity contribution in [1.82, 2.24) is 0 Å². The van der Waals surface area contributed by atoms with Crippen LogP contribution in [-0.4, -0.2) is 0 Å². The molecule has 0 saturated heterocycles. The van der Waals surface area contributed by atoms with Gasteiger partial charge in [0.25, 0.3) is 0 Å². The molecule has 4 aliphatic rings. The molecule has 322 valence electrons. The number of anilines is 3. The van der Waals surface area contributed by atoms with E-state index >= 15 is 0 Å². The topological polar surface area (TPSA) is 3.24 Å². The van der Waals surface area contributed by atoms with Crippen LogP contribution in [0.5, 0.6) is 0 Å². The Hall–Kier alpha value is -8.00. The average molecular weight is 868 g/mol.